The lowest BCUT2D eigenvalue weighted by molar-refractivity contribution is -0.128. The summed E-state index contributed by atoms with van der Waals surface area (Å²) >= 11 is 0. The number of hydrogen-bond acceptors (Lipinski definition) is 4. The molecule has 3 heterocycles. The van der Waals surface area contributed by atoms with Crippen molar-refractivity contribution in [2.24, 2.45) is 5.92 Å². The second-order valence-electron chi connectivity index (χ2n) is 9.96. The monoisotopic (exact) mass is 410 g/mol. The Morgan fingerprint density at radius 3 is 2.27 bits per heavy atom. The molecule has 5 nitrogen and oxygen atoms in total. The van der Waals surface area contributed by atoms with Crippen LogP contribution in [0, 0.1) is 5.92 Å². The van der Waals surface area contributed by atoms with Gasteiger partial charge in [-0.3, -0.25) is 14.6 Å². The number of piperidine rings is 3. The average molecular weight is 411 g/mol. The second-order valence-corrected chi connectivity index (χ2v) is 9.96. The van der Waals surface area contributed by atoms with Crippen molar-refractivity contribution in [3.63, 3.8) is 0 Å². The summed E-state index contributed by atoms with van der Waals surface area (Å²) < 4.78 is 0. The summed E-state index contributed by atoms with van der Waals surface area (Å²) in [7, 11) is 0. The number of nitrogens with one attached hydrogen (secondary N) is 2. The Balaban J connectivity index is 1.10. The van der Waals surface area contributed by atoms with Crippen LogP contribution in [0.5, 0.6) is 0 Å². The fourth-order valence-corrected chi connectivity index (χ4v) is 6.25. The molecule has 0 aromatic heterocycles. The number of carbonyl (C=O) groups excluding carboxylic acids is 1. The summed E-state index contributed by atoms with van der Waals surface area (Å²) in [5, 5.41) is 6.73. The molecule has 164 valence electrons. The van der Waals surface area contributed by atoms with Gasteiger partial charge in [0.2, 0.25) is 5.91 Å². The van der Waals surface area contributed by atoms with E-state index in [1.165, 1.54) is 51.7 Å². The highest BCUT2D eigenvalue weighted by molar-refractivity contribution is 5.79. The van der Waals surface area contributed by atoms with Crippen LogP contribution in [0.4, 0.5) is 0 Å². The number of hydrogen-bond donors (Lipinski definition) is 2. The van der Waals surface area contributed by atoms with Gasteiger partial charge in [-0.25, -0.2) is 0 Å². The number of nitrogens with zero attached hydrogens (tertiary/aromatic N) is 2. The predicted octanol–water partition coefficient (Wildman–Crippen LogP) is 2.20. The Kier molecular flexibility index (Phi) is 6.40. The molecule has 0 spiro atoms. The van der Waals surface area contributed by atoms with Crippen molar-refractivity contribution in [2.75, 3.05) is 39.3 Å². The van der Waals surface area contributed by atoms with Crippen molar-refractivity contribution in [1.29, 1.82) is 0 Å². The molecule has 5 rings (SSSR count). The van der Waals surface area contributed by atoms with Gasteiger partial charge in [0.1, 0.15) is 0 Å². The van der Waals surface area contributed by atoms with Gasteiger partial charge in [0.15, 0.2) is 0 Å². The zero-order valence-corrected chi connectivity index (χ0v) is 18.3. The Morgan fingerprint density at radius 1 is 0.867 bits per heavy atom. The highest BCUT2D eigenvalue weighted by Gasteiger charge is 2.34. The van der Waals surface area contributed by atoms with Gasteiger partial charge in [-0.2, -0.15) is 0 Å². The zero-order chi connectivity index (χ0) is 20.3. The average Bonchev–Trinajstić information content (AvgIpc) is 3.24. The third-order valence-electron chi connectivity index (χ3n) is 8.07. The molecule has 1 atom stereocenters. The van der Waals surface area contributed by atoms with E-state index in [4.69, 9.17) is 0 Å². The van der Waals surface area contributed by atoms with E-state index in [9.17, 15) is 4.79 Å². The molecule has 5 heteroatoms. The molecule has 1 aromatic rings. The third-order valence-corrected chi connectivity index (χ3v) is 8.07. The molecule has 2 N–H and O–H groups in total. The Hall–Kier alpha value is -1.43. The van der Waals surface area contributed by atoms with E-state index in [1.807, 2.05) is 0 Å². The minimum atomic E-state index is 0.191. The molecule has 1 amide bonds. The summed E-state index contributed by atoms with van der Waals surface area (Å²) in [4.78, 5) is 18.2. The quantitative estimate of drug-likeness (QED) is 0.799. The lowest BCUT2D eigenvalue weighted by Gasteiger charge is -2.43. The van der Waals surface area contributed by atoms with Crippen LogP contribution in [0.25, 0.3) is 0 Å². The Morgan fingerprint density at radius 2 is 1.57 bits per heavy atom. The number of benzene rings is 1. The van der Waals surface area contributed by atoms with Gasteiger partial charge < -0.3 is 10.6 Å². The van der Waals surface area contributed by atoms with Crippen molar-refractivity contribution in [3.05, 3.63) is 35.4 Å². The van der Waals surface area contributed by atoms with Gasteiger partial charge in [-0.05, 0) is 95.2 Å². The number of amides is 1. The lowest BCUT2D eigenvalue weighted by Crippen LogP contribution is -2.53. The minimum absolute atomic E-state index is 0.191. The van der Waals surface area contributed by atoms with E-state index >= 15 is 0 Å². The summed E-state index contributed by atoms with van der Waals surface area (Å²) in [5.41, 5.74) is 3.12. The molecule has 1 aromatic carbocycles. The molecule has 3 fully saturated rings. The van der Waals surface area contributed by atoms with Crippen molar-refractivity contribution in [3.8, 4) is 0 Å². The van der Waals surface area contributed by atoms with Crippen LogP contribution in [0.1, 0.15) is 49.7 Å². The van der Waals surface area contributed by atoms with E-state index < -0.39 is 0 Å². The van der Waals surface area contributed by atoms with Crippen LogP contribution >= 0.6 is 0 Å². The van der Waals surface area contributed by atoms with Gasteiger partial charge in [-0.1, -0.05) is 24.3 Å². The number of fused-ring (bicyclic) bond motifs is 1. The Bertz CT molecular complexity index is 699. The molecule has 0 bridgehead atoms. The fourth-order valence-electron chi connectivity index (χ4n) is 6.25. The smallest absolute Gasteiger partial charge is 0.224 e. The van der Waals surface area contributed by atoms with Crippen molar-refractivity contribution >= 4 is 5.91 Å². The largest absolute Gasteiger partial charge is 0.353 e. The van der Waals surface area contributed by atoms with E-state index in [1.54, 1.807) is 11.1 Å². The molecule has 30 heavy (non-hydrogen) atoms. The highest BCUT2D eigenvalue weighted by atomic mass is 16.2. The van der Waals surface area contributed by atoms with E-state index in [2.05, 4.69) is 44.7 Å². The van der Waals surface area contributed by atoms with Crippen molar-refractivity contribution in [2.45, 2.75) is 69.5 Å². The molecular formula is C25H38N4O. The SMILES string of the molecule is O=C(NC1CCNCC1)[C@H]1CCCN(C2CCN(C3Cc4ccccc4C3)CC2)C1. The molecule has 0 radical (unpaired) electrons. The summed E-state index contributed by atoms with van der Waals surface area (Å²) in [5.74, 6) is 0.503. The van der Waals surface area contributed by atoms with Gasteiger partial charge in [0.25, 0.3) is 0 Å². The van der Waals surface area contributed by atoms with Crippen LogP contribution in [0.3, 0.4) is 0 Å². The number of rotatable bonds is 4. The first-order chi connectivity index (χ1) is 14.8. The fraction of sp³-hybridized carbons (Fsp3) is 0.720. The van der Waals surface area contributed by atoms with E-state index in [0.717, 1.165) is 38.9 Å². The maximum absolute atomic E-state index is 12.9. The van der Waals surface area contributed by atoms with Crippen LogP contribution in [-0.4, -0.2) is 73.1 Å². The first kappa shape index (κ1) is 20.5. The maximum Gasteiger partial charge on any atom is 0.224 e. The van der Waals surface area contributed by atoms with Crippen LogP contribution < -0.4 is 10.6 Å². The van der Waals surface area contributed by atoms with E-state index in [0.29, 0.717) is 24.0 Å². The van der Waals surface area contributed by atoms with Gasteiger partial charge in [0, 0.05) is 24.7 Å². The Labute approximate surface area is 181 Å². The van der Waals surface area contributed by atoms with E-state index in [-0.39, 0.29) is 5.92 Å². The van der Waals surface area contributed by atoms with Gasteiger partial charge in [0.05, 0.1) is 5.92 Å². The maximum atomic E-state index is 12.9. The molecular weight excluding hydrogens is 372 g/mol. The second kappa shape index (κ2) is 9.37. The minimum Gasteiger partial charge on any atom is -0.353 e. The van der Waals surface area contributed by atoms with Crippen molar-refractivity contribution in [1.82, 2.24) is 20.4 Å². The summed E-state index contributed by atoms with van der Waals surface area (Å²) in [6, 6.07) is 10.7. The first-order valence-electron chi connectivity index (χ1n) is 12.3. The standard InChI is InChI=1S/C25H38N4O/c30-25(27-22-7-11-26-12-8-22)21-6-3-13-29(18-21)23-9-14-28(15-10-23)24-16-19-4-1-2-5-20(19)17-24/h1-2,4-5,21-24,26H,3,6-18H2,(H,27,30)/t21-/m0/s1. The normalized spacial score (nSPS) is 27.8. The van der Waals surface area contributed by atoms with Crippen LogP contribution in [0.15, 0.2) is 24.3 Å². The van der Waals surface area contributed by atoms with Crippen LogP contribution in [-0.2, 0) is 17.6 Å². The first-order valence-corrected chi connectivity index (χ1v) is 12.3. The van der Waals surface area contributed by atoms with Gasteiger partial charge >= 0.3 is 0 Å². The zero-order valence-electron chi connectivity index (χ0n) is 18.3. The van der Waals surface area contributed by atoms with Gasteiger partial charge in [-0.15, -0.1) is 0 Å². The molecule has 4 aliphatic rings. The molecule has 0 saturated carbocycles. The highest BCUT2D eigenvalue weighted by Crippen LogP contribution is 2.29. The number of carbonyl (C=O) groups is 1. The lowest BCUT2D eigenvalue weighted by atomic mass is 9.92. The molecule has 1 aliphatic carbocycles. The summed E-state index contributed by atoms with van der Waals surface area (Å²) in [6.07, 6.45) is 9.35. The topological polar surface area (TPSA) is 47.6 Å². The summed E-state index contributed by atoms with van der Waals surface area (Å²) in [6.45, 7) is 6.64. The van der Waals surface area contributed by atoms with Crippen LogP contribution in [0.2, 0.25) is 0 Å². The molecule has 0 unspecified atom stereocenters. The third kappa shape index (κ3) is 4.58. The number of likely N-dealkylation sites (tertiary alicyclic amines) is 2. The molecule has 3 saturated heterocycles. The van der Waals surface area contributed by atoms with Crippen molar-refractivity contribution < 1.29 is 4.79 Å². The molecule has 3 aliphatic heterocycles. The predicted molar refractivity (Wildman–Crippen MR) is 121 cm³/mol.